The van der Waals surface area contributed by atoms with E-state index in [0.29, 0.717) is 5.57 Å². The smallest absolute Gasteiger partial charge is 0.189 e. The van der Waals surface area contributed by atoms with Crippen LogP contribution in [0.2, 0.25) is 0 Å². The van der Waals surface area contributed by atoms with Gasteiger partial charge in [0.2, 0.25) is 0 Å². The molecule has 1 heterocycles. The van der Waals surface area contributed by atoms with Gasteiger partial charge < -0.3 is 14.6 Å². The van der Waals surface area contributed by atoms with Crippen molar-refractivity contribution in [2.75, 3.05) is 0 Å². The first kappa shape index (κ1) is 13.1. The maximum absolute atomic E-state index is 11.8. The molecule has 0 aromatic rings. The van der Waals surface area contributed by atoms with Crippen LogP contribution in [0, 0.1) is 0 Å². The molecule has 0 amide bonds. The summed E-state index contributed by atoms with van der Waals surface area (Å²) in [5.74, 6) is -1.14. The zero-order valence-corrected chi connectivity index (χ0v) is 9.90. The fourth-order valence-corrected chi connectivity index (χ4v) is 1.62. The minimum atomic E-state index is -0.935. The van der Waals surface area contributed by atoms with Gasteiger partial charge in [0.15, 0.2) is 17.7 Å². The van der Waals surface area contributed by atoms with Crippen LogP contribution in [0.4, 0.5) is 0 Å². The summed E-state index contributed by atoms with van der Waals surface area (Å²) in [6.07, 6.45) is -1.15. The molecule has 1 aliphatic rings. The van der Waals surface area contributed by atoms with Gasteiger partial charge in [0, 0.05) is 0 Å². The lowest BCUT2D eigenvalue weighted by molar-refractivity contribution is -0.156. The number of ether oxygens (including phenoxy) is 2. The van der Waals surface area contributed by atoms with Crippen molar-refractivity contribution in [1.29, 1.82) is 0 Å². The molecule has 0 bridgehead atoms. The number of ketones is 1. The van der Waals surface area contributed by atoms with Gasteiger partial charge in [-0.05, 0) is 26.3 Å². The molecule has 4 nitrogen and oxygen atoms in total. The quantitative estimate of drug-likeness (QED) is 0.578. The van der Waals surface area contributed by atoms with Crippen molar-refractivity contribution in [3.05, 3.63) is 24.8 Å². The summed E-state index contributed by atoms with van der Waals surface area (Å²) in [5.41, 5.74) is 0.382. The highest BCUT2D eigenvalue weighted by Crippen LogP contribution is 2.31. The SMILES string of the molecule is C=C[C@H](O)[C@@H]1OC(C)(C)OC1C(=O)C(=C)C. The predicted molar refractivity (Wildman–Crippen MR) is 59.8 cm³/mol. The predicted octanol–water partition coefficient (Wildman–Crippen LogP) is 1.20. The maximum Gasteiger partial charge on any atom is 0.189 e. The van der Waals surface area contributed by atoms with Crippen molar-refractivity contribution >= 4 is 5.78 Å². The summed E-state index contributed by atoms with van der Waals surface area (Å²) in [6.45, 7) is 12.0. The molecule has 0 saturated carbocycles. The van der Waals surface area contributed by atoms with Gasteiger partial charge >= 0.3 is 0 Å². The zero-order chi connectivity index (χ0) is 12.5. The summed E-state index contributed by atoms with van der Waals surface area (Å²) in [7, 11) is 0. The van der Waals surface area contributed by atoms with Crippen LogP contribution in [0.25, 0.3) is 0 Å². The Kier molecular flexibility index (Phi) is 3.68. The summed E-state index contributed by atoms with van der Waals surface area (Å²) >= 11 is 0. The average molecular weight is 226 g/mol. The number of Topliss-reactive ketones (excluding diaryl/α,β-unsaturated/α-hetero) is 1. The van der Waals surface area contributed by atoms with Crippen LogP contribution in [-0.4, -0.2) is 35.0 Å². The number of aliphatic hydroxyl groups excluding tert-OH is 1. The third-order valence-corrected chi connectivity index (χ3v) is 2.39. The Hall–Kier alpha value is -0.970. The zero-order valence-electron chi connectivity index (χ0n) is 9.90. The topological polar surface area (TPSA) is 55.8 Å². The van der Waals surface area contributed by atoms with E-state index in [1.165, 1.54) is 6.08 Å². The molecular formula is C12H18O4. The number of hydrogen-bond acceptors (Lipinski definition) is 4. The van der Waals surface area contributed by atoms with Crippen molar-refractivity contribution in [2.45, 2.75) is 44.9 Å². The van der Waals surface area contributed by atoms with Crippen molar-refractivity contribution in [1.82, 2.24) is 0 Å². The molecule has 0 aliphatic carbocycles. The van der Waals surface area contributed by atoms with Crippen LogP contribution in [0.5, 0.6) is 0 Å². The van der Waals surface area contributed by atoms with E-state index in [2.05, 4.69) is 13.2 Å². The van der Waals surface area contributed by atoms with Crippen LogP contribution < -0.4 is 0 Å². The largest absolute Gasteiger partial charge is 0.386 e. The second-order valence-corrected chi connectivity index (χ2v) is 4.39. The van der Waals surface area contributed by atoms with Gasteiger partial charge in [-0.1, -0.05) is 12.7 Å². The Balaban J connectivity index is 2.92. The molecule has 1 fully saturated rings. The van der Waals surface area contributed by atoms with Crippen LogP contribution >= 0.6 is 0 Å². The third kappa shape index (κ3) is 2.58. The van der Waals surface area contributed by atoms with Crippen LogP contribution in [0.3, 0.4) is 0 Å². The normalized spacial score (nSPS) is 29.8. The highest BCUT2D eigenvalue weighted by Gasteiger charge is 2.47. The first-order valence-electron chi connectivity index (χ1n) is 5.14. The van der Waals surface area contributed by atoms with Crippen LogP contribution in [0.1, 0.15) is 20.8 Å². The highest BCUT2D eigenvalue weighted by molar-refractivity contribution is 5.98. The van der Waals surface area contributed by atoms with Gasteiger partial charge in [-0.15, -0.1) is 6.58 Å². The third-order valence-electron chi connectivity index (χ3n) is 2.39. The molecule has 0 spiro atoms. The van der Waals surface area contributed by atoms with E-state index in [4.69, 9.17) is 9.47 Å². The van der Waals surface area contributed by atoms with E-state index < -0.39 is 24.1 Å². The van der Waals surface area contributed by atoms with E-state index in [-0.39, 0.29) is 5.78 Å². The standard InChI is InChI=1S/C12H18O4/c1-6-8(13)10-11(9(14)7(2)3)16-12(4,5)15-10/h6,8,10-11,13H,1-2H2,3-5H3/t8-,10-,11?/m0/s1. The molecule has 90 valence electrons. The molecule has 4 heteroatoms. The summed E-state index contributed by atoms with van der Waals surface area (Å²) in [5, 5.41) is 9.69. The maximum atomic E-state index is 11.8. The highest BCUT2D eigenvalue weighted by atomic mass is 16.8. The molecule has 16 heavy (non-hydrogen) atoms. The van der Waals surface area contributed by atoms with Crippen molar-refractivity contribution in [3.63, 3.8) is 0 Å². The number of aliphatic hydroxyl groups is 1. The molecule has 1 N–H and O–H groups in total. The van der Waals surface area contributed by atoms with Gasteiger partial charge in [-0.2, -0.15) is 0 Å². The van der Waals surface area contributed by atoms with Gasteiger partial charge in [0.05, 0.1) is 0 Å². The van der Waals surface area contributed by atoms with E-state index in [1.807, 2.05) is 0 Å². The molecule has 1 aliphatic heterocycles. The number of carbonyl (C=O) groups is 1. The second-order valence-electron chi connectivity index (χ2n) is 4.39. The van der Waals surface area contributed by atoms with Crippen molar-refractivity contribution < 1.29 is 19.4 Å². The van der Waals surface area contributed by atoms with Gasteiger partial charge in [-0.3, -0.25) is 4.79 Å². The molecule has 1 unspecified atom stereocenters. The fraction of sp³-hybridized carbons (Fsp3) is 0.583. The molecule has 0 radical (unpaired) electrons. The number of rotatable bonds is 4. The Morgan fingerprint density at radius 2 is 2.06 bits per heavy atom. The van der Waals surface area contributed by atoms with Gasteiger partial charge in [0.1, 0.15) is 12.2 Å². The average Bonchev–Trinajstić information content (AvgIpc) is 2.52. The summed E-state index contributed by atoms with van der Waals surface area (Å²) < 4.78 is 10.9. The van der Waals surface area contributed by atoms with E-state index in [9.17, 15) is 9.90 Å². The van der Waals surface area contributed by atoms with E-state index in [0.717, 1.165) is 0 Å². The second kappa shape index (κ2) is 4.49. The first-order valence-corrected chi connectivity index (χ1v) is 5.14. The number of carbonyl (C=O) groups excluding carboxylic acids is 1. The Morgan fingerprint density at radius 1 is 1.50 bits per heavy atom. The monoisotopic (exact) mass is 226 g/mol. The minimum Gasteiger partial charge on any atom is -0.386 e. The van der Waals surface area contributed by atoms with E-state index >= 15 is 0 Å². The molecule has 1 saturated heterocycles. The van der Waals surface area contributed by atoms with Gasteiger partial charge in [0.25, 0.3) is 0 Å². The van der Waals surface area contributed by atoms with E-state index in [1.54, 1.807) is 20.8 Å². The summed E-state index contributed by atoms with van der Waals surface area (Å²) in [4.78, 5) is 11.8. The van der Waals surface area contributed by atoms with Crippen LogP contribution in [0.15, 0.2) is 24.8 Å². The van der Waals surface area contributed by atoms with Crippen LogP contribution in [-0.2, 0) is 14.3 Å². The molecule has 0 aromatic heterocycles. The first-order chi connectivity index (χ1) is 7.28. The Morgan fingerprint density at radius 3 is 2.50 bits per heavy atom. The lowest BCUT2D eigenvalue weighted by atomic mass is 10.0. The lowest BCUT2D eigenvalue weighted by Crippen LogP contribution is -2.39. The van der Waals surface area contributed by atoms with Gasteiger partial charge in [-0.25, -0.2) is 0 Å². The molecule has 3 atom stereocenters. The van der Waals surface area contributed by atoms with Crippen molar-refractivity contribution in [2.24, 2.45) is 0 Å². The molecular weight excluding hydrogens is 208 g/mol. The minimum absolute atomic E-state index is 0.253. The fourth-order valence-electron chi connectivity index (χ4n) is 1.62. The number of hydrogen-bond donors (Lipinski definition) is 1. The molecule has 0 aromatic carbocycles. The van der Waals surface area contributed by atoms with Crippen molar-refractivity contribution in [3.8, 4) is 0 Å². The molecule has 1 rings (SSSR count). The Bertz CT molecular complexity index is 319. The Labute approximate surface area is 95.6 Å². The lowest BCUT2D eigenvalue weighted by Gasteiger charge is -2.19. The summed E-state index contributed by atoms with van der Waals surface area (Å²) in [6, 6.07) is 0.